The monoisotopic (exact) mass is 472 g/mol. The topological polar surface area (TPSA) is 127 Å². The third-order valence-corrected chi connectivity index (χ3v) is 5.48. The highest BCUT2D eigenvalue weighted by Crippen LogP contribution is 2.26. The molecular formula is C24H32N4O4S. The second-order valence-corrected chi connectivity index (χ2v) is 9.15. The second-order valence-electron chi connectivity index (χ2n) is 8.20. The van der Waals surface area contributed by atoms with Crippen molar-refractivity contribution in [1.82, 2.24) is 10.8 Å². The van der Waals surface area contributed by atoms with Gasteiger partial charge in [0.2, 0.25) is 0 Å². The molecule has 1 aromatic carbocycles. The molecule has 0 saturated carbocycles. The Morgan fingerprint density at radius 3 is 2.52 bits per heavy atom. The minimum atomic E-state index is -0.646. The number of allylic oxidation sites excluding steroid dienone is 1. The van der Waals surface area contributed by atoms with Crippen molar-refractivity contribution in [2.75, 3.05) is 6.54 Å². The summed E-state index contributed by atoms with van der Waals surface area (Å²) in [5.74, 6) is -0.459. The molecule has 0 aliphatic rings. The number of aliphatic imine (C=N–C) groups is 1. The molecule has 8 nitrogen and oxygen atoms in total. The number of ether oxygens (including phenoxy) is 1. The predicted octanol–water partition coefficient (Wildman–Crippen LogP) is 4.89. The van der Waals surface area contributed by atoms with Gasteiger partial charge in [0.15, 0.2) is 11.6 Å². The van der Waals surface area contributed by atoms with Crippen LogP contribution in [0.4, 0.5) is 5.69 Å². The van der Waals surface area contributed by atoms with E-state index in [1.165, 1.54) is 11.3 Å². The number of aliphatic hydroxyl groups excluding tert-OH is 1. The van der Waals surface area contributed by atoms with Gasteiger partial charge in [-0.25, -0.2) is 4.99 Å². The molecule has 9 heteroatoms. The van der Waals surface area contributed by atoms with Crippen LogP contribution in [-0.2, 0) is 4.79 Å². The zero-order valence-corrected chi connectivity index (χ0v) is 20.4. The maximum absolute atomic E-state index is 13.0. The molecule has 2 rings (SSSR count). The Bertz CT molecular complexity index is 1030. The number of rotatable bonds is 10. The number of thiophene rings is 1. The zero-order valence-electron chi connectivity index (χ0n) is 19.6. The van der Waals surface area contributed by atoms with Gasteiger partial charge in [-0.15, -0.1) is 11.3 Å². The van der Waals surface area contributed by atoms with E-state index < -0.39 is 11.7 Å². The number of nitrogens with zero attached hydrogens (tertiary/aromatic N) is 1. The van der Waals surface area contributed by atoms with Crippen molar-refractivity contribution in [1.29, 1.82) is 5.41 Å². The Morgan fingerprint density at radius 1 is 1.24 bits per heavy atom. The van der Waals surface area contributed by atoms with Gasteiger partial charge in [-0.3, -0.25) is 20.9 Å². The molecule has 5 N–H and O–H groups in total. The lowest BCUT2D eigenvalue weighted by Gasteiger charge is -2.15. The molecule has 1 amide bonds. The fourth-order valence-corrected chi connectivity index (χ4v) is 3.58. The van der Waals surface area contributed by atoms with Gasteiger partial charge in [0, 0.05) is 6.54 Å². The molecule has 0 atom stereocenters. The van der Waals surface area contributed by atoms with E-state index in [9.17, 15) is 15.1 Å². The highest BCUT2D eigenvalue weighted by molar-refractivity contribution is 7.12. The van der Waals surface area contributed by atoms with Gasteiger partial charge in [0.25, 0.3) is 5.91 Å². The molecule has 0 aliphatic heterocycles. The molecule has 1 heterocycles. The Kier molecular flexibility index (Phi) is 9.62. The number of carbonyl (C=O) groups excluding carboxylic acids is 1. The first kappa shape index (κ1) is 26.1. The molecule has 0 unspecified atom stereocenters. The van der Waals surface area contributed by atoms with Gasteiger partial charge in [0.05, 0.1) is 16.7 Å². The SMILES string of the molecule is Cc1cc(OC(C)C)ccc1N=C(NO)/C(C(=O)NCCC(C)C)=C(\O)C(=N)c1cccs1. The molecule has 1 aromatic heterocycles. The van der Waals surface area contributed by atoms with E-state index in [0.29, 0.717) is 28.8 Å². The average Bonchev–Trinajstić information content (AvgIpc) is 3.28. The van der Waals surface area contributed by atoms with Gasteiger partial charge in [-0.2, -0.15) is 0 Å². The number of hydrogen-bond donors (Lipinski definition) is 5. The Hall–Kier alpha value is -3.17. The van der Waals surface area contributed by atoms with E-state index in [-0.39, 0.29) is 23.2 Å². The van der Waals surface area contributed by atoms with Crippen molar-refractivity contribution in [2.24, 2.45) is 10.9 Å². The van der Waals surface area contributed by atoms with Crippen LogP contribution >= 0.6 is 11.3 Å². The molecule has 178 valence electrons. The maximum Gasteiger partial charge on any atom is 0.258 e. The van der Waals surface area contributed by atoms with Crippen LogP contribution in [0.15, 0.2) is 52.0 Å². The highest BCUT2D eigenvalue weighted by atomic mass is 32.1. The number of amidine groups is 1. The number of aryl methyl sites for hydroxylation is 1. The summed E-state index contributed by atoms with van der Waals surface area (Å²) < 4.78 is 5.69. The normalized spacial score (nSPS) is 12.5. The van der Waals surface area contributed by atoms with Gasteiger partial charge < -0.3 is 15.2 Å². The first-order valence-corrected chi connectivity index (χ1v) is 11.6. The standard InChI is InChI=1S/C24H32N4O4S/c1-14(2)10-11-26-24(30)20(22(29)21(25)19-7-6-12-33-19)23(28-31)27-18-9-8-17(13-16(18)5)32-15(3)4/h6-9,12-15,25,29,31H,10-11H2,1-5H3,(H,26,30)(H,27,28)/b22-20+,25-21?. The van der Waals surface area contributed by atoms with Gasteiger partial charge in [0.1, 0.15) is 17.0 Å². The zero-order chi connectivity index (χ0) is 24.5. The lowest BCUT2D eigenvalue weighted by atomic mass is 10.1. The summed E-state index contributed by atoms with van der Waals surface area (Å²) in [7, 11) is 0. The minimum absolute atomic E-state index is 0.0118. The van der Waals surface area contributed by atoms with E-state index in [4.69, 9.17) is 10.1 Å². The smallest absolute Gasteiger partial charge is 0.258 e. The summed E-state index contributed by atoms with van der Waals surface area (Å²) in [5, 5.41) is 33.6. The number of benzene rings is 1. The summed E-state index contributed by atoms with van der Waals surface area (Å²) in [6, 6.07) is 8.64. The number of aliphatic hydroxyl groups is 1. The summed E-state index contributed by atoms with van der Waals surface area (Å²) in [4.78, 5) is 17.9. The van der Waals surface area contributed by atoms with Gasteiger partial charge in [-0.05, 0) is 68.3 Å². The van der Waals surface area contributed by atoms with Crippen molar-refractivity contribution in [3.8, 4) is 5.75 Å². The van der Waals surface area contributed by atoms with Crippen LogP contribution in [-0.4, -0.2) is 40.4 Å². The summed E-state index contributed by atoms with van der Waals surface area (Å²) >= 11 is 1.26. The van der Waals surface area contributed by atoms with E-state index in [0.717, 1.165) is 12.0 Å². The van der Waals surface area contributed by atoms with Crippen LogP contribution in [0, 0.1) is 18.3 Å². The van der Waals surface area contributed by atoms with Crippen molar-refractivity contribution >= 4 is 34.5 Å². The lowest BCUT2D eigenvalue weighted by molar-refractivity contribution is -0.117. The Labute approximate surface area is 198 Å². The number of carbonyl (C=O) groups is 1. The van der Waals surface area contributed by atoms with Crippen LogP contribution in [0.25, 0.3) is 0 Å². The van der Waals surface area contributed by atoms with E-state index in [1.807, 2.05) is 40.1 Å². The quantitative estimate of drug-likeness (QED) is 0.111. The average molecular weight is 473 g/mol. The summed E-state index contributed by atoms with van der Waals surface area (Å²) in [5.41, 5.74) is 2.59. The van der Waals surface area contributed by atoms with Crippen molar-refractivity contribution < 1.29 is 19.8 Å². The van der Waals surface area contributed by atoms with Crippen LogP contribution in [0.1, 0.15) is 44.6 Å². The number of hydroxylamine groups is 1. The molecule has 0 aliphatic carbocycles. The Balaban J connectivity index is 2.50. The van der Waals surface area contributed by atoms with Crippen LogP contribution in [0.5, 0.6) is 5.75 Å². The highest BCUT2D eigenvalue weighted by Gasteiger charge is 2.25. The predicted molar refractivity (Wildman–Crippen MR) is 132 cm³/mol. The summed E-state index contributed by atoms with van der Waals surface area (Å²) in [6.07, 6.45) is 0.745. The van der Waals surface area contributed by atoms with Crippen molar-refractivity contribution in [3.05, 3.63) is 57.5 Å². The second kappa shape index (κ2) is 12.2. The first-order valence-electron chi connectivity index (χ1n) is 10.7. The molecule has 0 spiro atoms. The van der Waals surface area contributed by atoms with Gasteiger partial charge in [-0.1, -0.05) is 19.9 Å². The van der Waals surface area contributed by atoms with Crippen molar-refractivity contribution in [3.63, 3.8) is 0 Å². The maximum atomic E-state index is 13.0. The van der Waals surface area contributed by atoms with Gasteiger partial charge >= 0.3 is 0 Å². The number of nitrogens with one attached hydrogen (secondary N) is 3. The molecule has 0 saturated heterocycles. The van der Waals surface area contributed by atoms with Crippen molar-refractivity contribution in [2.45, 2.75) is 47.1 Å². The van der Waals surface area contributed by atoms with E-state index in [2.05, 4.69) is 10.3 Å². The van der Waals surface area contributed by atoms with Crippen LogP contribution < -0.4 is 15.5 Å². The van der Waals surface area contributed by atoms with Crippen LogP contribution in [0.2, 0.25) is 0 Å². The molecule has 2 aromatic rings. The number of amides is 1. The van der Waals surface area contributed by atoms with Crippen LogP contribution in [0.3, 0.4) is 0 Å². The molecule has 0 bridgehead atoms. The fraction of sp³-hybridized carbons (Fsp3) is 0.375. The largest absolute Gasteiger partial charge is 0.505 e. The van der Waals surface area contributed by atoms with E-state index in [1.54, 1.807) is 35.7 Å². The number of hydrogen-bond acceptors (Lipinski definition) is 7. The molecule has 33 heavy (non-hydrogen) atoms. The summed E-state index contributed by atoms with van der Waals surface area (Å²) in [6.45, 7) is 10.1. The lowest BCUT2D eigenvalue weighted by Crippen LogP contribution is -2.36. The van der Waals surface area contributed by atoms with E-state index >= 15 is 0 Å². The molecule has 0 radical (unpaired) electrons. The third kappa shape index (κ3) is 7.44. The fourth-order valence-electron chi connectivity index (χ4n) is 2.91. The molecule has 0 fully saturated rings. The minimum Gasteiger partial charge on any atom is -0.505 e. The molecular weight excluding hydrogens is 440 g/mol. The third-order valence-electron chi connectivity index (χ3n) is 4.59. The Morgan fingerprint density at radius 2 is 1.97 bits per heavy atom. The first-order chi connectivity index (χ1) is 15.6.